The minimum atomic E-state index is 0.0734. The van der Waals surface area contributed by atoms with Crippen molar-refractivity contribution in [3.8, 4) is 0 Å². The van der Waals surface area contributed by atoms with E-state index in [0.29, 0.717) is 11.6 Å². The fraction of sp³-hybridized carbons (Fsp3) is 0.304. The van der Waals surface area contributed by atoms with Crippen LogP contribution in [0.1, 0.15) is 24.0 Å². The second-order valence-electron chi connectivity index (χ2n) is 7.46. The largest absolute Gasteiger partial charge is 0.371 e. The number of hydrogen-bond acceptors (Lipinski definition) is 3. The molecule has 1 amide bonds. The zero-order chi connectivity index (χ0) is 19.5. The summed E-state index contributed by atoms with van der Waals surface area (Å²) in [6, 6.07) is 16.2. The third-order valence-corrected chi connectivity index (χ3v) is 5.71. The van der Waals surface area contributed by atoms with Crippen LogP contribution in [-0.2, 0) is 11.3 Å². The van der Waals surface area contributed by atoms with E-state index in [4.69, 9.17) is 11.6 Å². The van der Waals surface area contributed by atoms with E-state index < -0.39 is 0 Å². The van der Waals surface area contributed by atoms with Crippen LogP contribution >= 0.6 is 11.6 Å². The van der Waals surface area contributed by atoms with Crippen molar-refractivity contribution >= 4 is 34.1 Å². The van der Waals surface area contributed by atoms with E-state index >= 15 is 0 Å². The predicted molar refractivity (Wildman–Crippen MR) is 115 cm³/mol. The lowest BCUT2D eigenvalue weighted by molar-refractivity contribution is -0.125. The number of halogens is 1. The van der Waals surface area contributed by atoms with E-state index in [1.807, 2.05) is 30.5 Å². The number of rotatable bonds is 4. The Labute approximate surface area is 170 Å². The Morgan fingerprint density at radius 2 is 1.89 bits per heavy atom. The molecule has 144 valence electrons. The van der Waals surface area contributed by atoms with Crippen LogP contribution < -0.4 is 10.2 Å². The first kappa shape index (κ1) is 18.8. The van der Waals surface area contributed by atoms with Gasteiger partial charge in [-0.2, -0.15) is 0 Å². The Morgan fingerprint density at radius 3 is 2.64 bits per heavy atom. The number of nitrogens with one attached hydrogen (secondary N) is 1. The standard InChI is InChI=1S/C23H24ClN3O/c1-16-2-4-17(5-3-16)15-26-23(28)18-9-12-27(13-10-18)22-8-11-25-21-14-19(24)6-7-20(21)22/h2-8,11,14,18H,9-10,12-13,15H2,1H3,(H,26,28). The molecular formula is C23H24ClN3O. The van der Waals surface area contributed by atoms with Crippen LogP contribution in [0.5, 0.6) is 0 Å². The summed E-state index contributed by atoms with van der Waals surface area (Å²) in [6.07, 6.45) is 3.54. The number of amides is 1. The van der Waals surface area contributed by atoms with Crippen molar-refractivity contribution in [1.82, 2.24) is 10.3 Å². The number of benzene rings is 2. The molecule has 2 aromatic carbocycles. The van der Waals surface area contributed by atoms with Crippen molar-refractivity contribution in [2.75, 3.05) is 18.0 Å². The van der Waals surface area contributed by atoms with Gasteiger partial charge in [0, 0.05) is 47.8 Å². The van der Waals surface area contributed by atoms with Crippen molar-refractivity contribution in [1.29, 1.82) is 0 Å². The topological polar surface area (TPSA) is 45.2 Å². The second-order valence-corrected chi connectivity index (χ2v) is 7.89. The lowest BCUT2D eigenvalue weighted by atomic mass is 9.95. The van der Waals surface area contributed by atoms with Gasteiger partial charge in [0.25, 0.3) is 0 Å². The molecule has 0 spiro atoms. The Kier molecular flexibility index (Phi) is 5.49. The Hall–Kier alpha value is -2.59. The van der Waals surface area contributed by atoms with Crippen LogP contribution in [0.2, 0.25) is 5.02 Å². The third-order valence-electron chi connectivity index (χ3n) is 5.48. The number of piperidine rings is 1. The number of hydrogen-bond donors (Lipinski definition) is 1. The summed E-state index contributed by atoms with van der Waals surface area (Å²) in [6.45, 7) is 4.39. The van der Waals surface area contributed by atoms with Gasteiger partial charge in [-0.3, -0.25) is 9.78 Å². The van der Waals surface area contributed by atoms with Crippen LogP contribution in [0.15, 0.2) is 54.7 Å². The molecule has 4 nitrogen and oxygen atoms in total. The van der Waals surface area contributed by atoms with Gasteiger partial charge in [-0.25, -0.2) is 0 Å². The van der Waals surface area contributed by atoms with Crippen LogP contribution in [-0.4, -0.2) is 24.0 Å². The summed E-state index contributed by atoms with van der Waals surface area (Å²) in [4.78, 5) is 19.3. The Balaban J connectivity index is 1.37. The number of nitrogens with zero attached hydrogens (tertiary/aromatic N) is 2. The molecule has 1 aliphatic heterocycles. The fourth-order valence-corrected chi connectivity index (χ4v) is 3.97. The van der Waals surface area contributed by atoms with Crippen molar-refractivity contribution in [3.05, 3.63) is 70.9 Å². The molecule has 5 heteroatoms. The van der Waals surface area contributed by atoms with Gasteiger partial charge in [0.2, 0.25) is 5.91 Å². The molecule has 1 N–H and O–H groups in total. The monoisotopic (exact) mass is 393 g/mol. The van der Waals surface area contributed by atoms with E-state index in [1.54, 1.807) is 0 Å². The highest BCUT2D eigenvalue weighted by Gasteiger charge is 2.25. The van der Waals surface area contributed by atoms with Crippen LogP contribution in [0.4, 0.5) is 5.69 Å². The second kappa shape index (κ2) is 8.19. The lowest BCUT2D eigenvalue weighted by Crippen LogP contribution is -2.40. The zero-order valence-electron chi connectivity index (χ0n) is 16.0. The van der Waals surface area contributed by atoms with Gasteiger partial charge in [-0.1, -0.05) is 41.4 Å². The summed E-state index contributed by atoms with van der Waals surface area (Å²) in [5, 5.41) is 4.90. The molecular weight excluding hydrogens is 370 g/mol. The van der Waals surface area contributed by atoms with Gasteiger partial charge in [0.05, 0.1) is 5.52 Å². The summed E-state index contributed by atoms with van der Waals surface area (Å²) in [5.74, 6) is 0.232. The molecule has 0 radical (unpaired) electrons. The molecule has 1 aliphatic rings. The van der Waals surface area contributed by atoms with E-state index in [-0.39, 0.29) is 11.8 Å². The maximum Gasteiger partial charge on any atom is 0.223 e. The molecule has 4 rings (SSSR count). The van der Waals surface area contributed by atoms with Gasteiger partial charge in [0.1, 0.15) is 0 Å². The fourth-order valence-electron chi connectivity index (χ4n) is 3.80. The van der Waals surface area contributed by atoms with Crippen LogP contribution in [0.25, 0.3) is 10.9 Å². The van der Waals surface area contributed by atoms with E-state index in [9.17, 15) is 4.79 Å². The van der Waals surface area contributed by atoms with Gasteiger partial charge < -0.3 is 10.2 Å². The van der Waals surface area contributed by atoms with Crippen molar-refractivity contribution in [2.24, 2.45) is 5.92 Å². The van der Waals surface area contributed by atoms with E-state index in [1.165, 1.54) is 11.3 Å². The highest BCUT2D eigenvalue weighted by atomic mass is 35.5. The number of carbonyl (C=O) groups excluding carboxylic acids is 1. The summed E-state index contributed by atoms with van der Waals surface area (Å²) in [5.41, 5.74) is 4.44. The first-order chi connectivity index (χ1) is 13.6. The molecule has 0 saturated carbocycles. The highest BCUT2D eigenvalue weighted by molar-refractivity contribution is 6.31. The molecule has 28 heavy (non-hydrogen) atoms. The minimum absolute atomic E-state index is 0.0734. The molecule has 2 heterocycles. The van der Waals surface area contributed by atoms with E-state index in [2.05, 4.69) is 46.4 Å². The molecule has 1 aromatic heterocycles. The molecule has 3 aromatic rings. The summed E-state index contributed by atoms with van der Waals surface area (Å²) in [7, 11) is 0. The normalized spacial score (nSPS) is 15.0. The molecule has 0 atom stereocenters. The van der Waals surface area contributed by atoms with Gasteiger partial charge in [-0.05, 0) is 49.6 Å². The predicted octanol–water partition coefficient (Wildman–Crippen LogP) is 4.73. The van der Waals surface area contributed by atoms with E-state index in [0.717, 1.165) is 42.4 Å². The number of carbonyl (C=O) groups is 1. The quantitative estimate of drug-likeness (QED) is 0.697. The van der Waals surface area contributed by atoms with Crippen molar-refractivity contribution < 1.29 is 4.79 Å². The maximum atomic E-state index is 12.6. The maximum absolute atomic E-state index is 12.6. The Morgan fingerprint density at radius 1 is 1.14 bits per heavy atom. The third kappa shape index (κ3) is 4.12. The number of pyridine rings is 1. The van der Waals surface area contributed by atoms with Crippen LogP contribution in [0.3, 0.4) is 0 Å². The summed E-state index contributed by atoms with van der Waals surface area (Å²) < 4.78 is 0. The van der Waals surface area contributed by atoms with Crippen molar-refractivity contribution in [3.63, 3.8) is 0 Å². The molecule has 0 aliphatic carbocycles. The average molecular weight is 394 g/mol. The number of aryl methyl sites for hydroxylation is 1. The molecule has 1 fully saturated rings. The number of anilines is 1. The van der Waals surface area contributed by atoms with Gasteiger partial charge in [-0.15, -0.1) is 0 Å². The minimum Gasteiger partial charge on any atom is -0.371 e. The van der Waals surface area contributed by atoms with Gasteiger partial charge in [0.15, 0.2) is 0 Å². The highest BCUT2D eigenvalue weighted by Crippen LogP contribution is 2.30. The molecule has 0 unspecified atom stereocenters. The van der Waals surface area contributed by atoms with Crippen LogP contribution in [0, 0.1) is 12.8 Å². The Bertz CT molecular complexity index is 979. The van der Waals surface area contributed by atoms with Crippen molar-refractivity contribution in [2.45, 2.75) is 26.3 Å². The molecule has 0 bridgehead atoms. The first-order valence-electron chi connectivity index (χ1n) is 9.72. The van der Waals surface area contributed by atoms with Gasteiger partial charge >= 0.3 is 0 Å². The first-order valence-corrected chi connectivity index (χ1v) is 10.1. The zero-order valence-corrected chi connectivity index (χ0v) is 16.7. The number of fused-ring (bicyclic) bond motifs is 1. The summed E-state index contributed by atoms with van der Waals surface area (Å²) >= 11 is 6.09. The SMILES string of the molecule is Cc1ccc(CNC(=O)C2CCN(c3ccnc4cc(Cl)ccc34)CC2)cc1. The average Bonchev–Trinajstić information content (AvgIpc) is 2.72. The smallest absolute Gasteiger partial charge is 0.223 e. The number of aromatic nitrogens is 1. The molecule has 1 saturated heterocycles. The lowest BCUT2D eigenvalue weighted by Gasteiger charge is -2.33.